The lowest BCUT2D eigenvalue weighted by Crippen LogP contribution is -2.27. The van der Waals surface area contributed by atoms with Crippen LogP contribution in [0.25, 0.3) is 0 Å². The molecule has 0 radical (unpaired) electrons. The molecule has 1 aliphatic carbocycles. The highest BCUT2D eigenvalue weighted by atomic mass is 32.1. The van der Waals surface area contributed by atoms with Crippen LogP contribution in [0.4, 0.5) is 5.13 Å². The molecule has 2 aromatic heterocycles. The Morgan fingerprint density at radius 2 is 2.19 bits per heavy atom. The fourth-order valence-corrected chi connectivity index (χ4v) is 3.31. The minimum Gasteiger partial charge on any atom is -0.351 e. The van der Waals surface area contributed by atoms with Crippen molar-refractivity contribution in [2.24, 2.45) is 0 Å². The molecule has 6 nitrogen and oxygen atoms in total. The molecule has 1 saturated carbocycles. The van der Waals surface area contributed by atoms with E-state index >= 15 is 0 Å². The first-order valence-electron chi connectivity index (χ1n) is 6.66. The van der Waals surface area contributed by atoms with Crippen LogP contribution in [0.3, 0.4) is 0 Å². The number of carbonyl (C=O) groups excluding carboxylic acids is 2. The summed E-state index contributed by atoms with van der Waals surface area (Å²) >= 11 is 2.89. The first kappa shape index (κ1) is 14.2. The van der Waals surface area contributed by atoms with Crippen LogP contribution < -0.4 is 10.6 Å². The third kappa shape index (κ3) is 3.85. The largest absolute Gasteiger partial charge is 0.351 e. The number of amides is 2. The van der Waals surface area contributed by atoms with Crippen LogP contribution in [-0.4, -0.2) is 28.6 Å². The Balaban J connectivity index is 1.40. The topological polar surface area (TPSA) is 84.0 Å². The number of hydrogen-bond acceptors (Lipinski definition) is 6. The van der Waals surface area contributed by atoms with Gasteiger partial charge in [-0.05, 0) is 24.3 Å². The van der Waals surface area contributed by atoms with E-state index in [1.807, 2.05) is 5.38 Å². The van der Waals surface area contributed by atoms with Crippen molar-refractivity contribution in [3.05, 3.63) is 27.4 Å². The zero-order valence-corrected chi connectivity index (χ0v) is 12.8. The molecule has 2 amide bonds. The van der Waals surface area contributed by atoms with E-state index in [4.69, 9.17) is 0 Å². The maximum absolute atomic E-state index is 11.8. The molecule has 0 spiro atoms. The molecular formula is C13H14N4O2S2. The lowest BCUT2D eigenvalue weighted by Gasteiger charge is -2.03. The van der Waals surface area contributed by atoms with Crippen LogP contribution in [0.5, 0.6) is 0 Å². The van der Waals surface area contributed by atoms with Crippen molar-refractivity contribution >= 4 is 39.6 Å². The monoisotopic (exact) mass is 322 g/mol. The number of nitrogens with zero attached hydrogens (tertiary/aromatic N) is 2. The summed E-state index contributed by atoms with van der Waals surface area (Å²) < 4.78 is 0. The van der Waals surface area contributed by atoms with Gasteiger partial charge in [-0.1, -0.05) is 11.3 Å². The Hall–Kier alpha value is -1.80. The van der Waals surface area contributed by atoms with Gasteiger partial charge in [0.1, 0.15) is 5.01 Å². The van der Waals surface area contributed by atoms with E-state index in [1.54, 1.807) is 11.4 Å². The second-order valence-corrected chi connectivity index (χ2v) is 6.57. The standard InChI is InChI=1S/C13H14N4O2S2/c18-10(3-5-14-11(19)9-4-6-20-7-9)15-13-17-16-12(21-13)8-1-2-8/h4,6-8H,1-3,5H2,(H,14,19)(H,15,17,18). The first-order chi connectivity index (χ1) is 10.2. The van der Waals surface area contributed by atoms with E-state index in [-0.39, 0.29) is 18.2 Å². The molecule has 2 aromatic rings. The molecular weight excluding hydrogens is 308 g/mol. The minimum atomic E-state index is -0.167. The Kier molecular flexibility index (Phi) is 4.26. The number of hydrogen-bond donors (Lipinski definition) is 2. The maximum Gasteiger partial charge on any atom is 0.252 e. The minimum absolute atomic E-state index is 0.156. The van der Waals surface area contributed by atoms with Gasteiger partial charge in [0.15, 0.2) is 0 Å². The highest BCUT2D eigenvalue weighted by Crippen LogP contribution is 2.41. The molecule has 0 saturated heterocycles. The Morgan fingerprint density at radius 3 is 2.90 bits per heavy atom. The van der Waals surface area contributed by atoms with Crippen molar-refractivity contribution in [1.82, 2.24) is 15.5 Å². The Bertz CT molecular complexity index is 634. The SMILES string of the molecule is O=C(CCNC(=O)c1ccsc1)Nc1nnc(C2CC2)s1. The normalized spacial score (nSPS) is 13.9. The molecule has 0 atom stereocenters. The third-order valence-electron chi connectivity index (χ3n) is 3.03. The predicted octanol–water partition coefficient (Wildman–Crippen LogP) is 2.24. The molecule has 0 unspecified atom stereocenters. The number of aromatic nitrogens is 2. The number of rotatable bonds is 6. The molecule has 0 bridgehead atoms. The number of anilines is 1. The lowest BCUT2D eigenvalue weighted by atomic mass is 10.3. The van der Waals surface area contributed by atoms with Crippen LogP contribution in [0.15, 0.2) is 16.8 Å². The third-order valence-corrected chi connectivity index (χ3v) is 4.72. The van der Waals surface area contributed by atoms with Crippen molar-refractivity contribution < 1.29 is 9.59 Å². The molecule has 0 aromatic carbocycles. The smallest absolute Gasteiger partial charge is 0.252 e. The van der Waals surface area contributed by atoms with Crippen LogP contribution in [0.2, 0.25) is 0 Å². The molecule has 2 heterocycles. The van der Waals surface area contributed by atoms with Gasteiger partial charge in [0.25, 0.3) is 5.91 Å². The van der Waals surface area contributed by atoms with E-state index in [2.05, 4.69) is 20.8 Å². The van der Waals surface area contributed by atoms with Crippen molar-refractivity contribution in [2.75, 3.05) is 11.9 Å². The first-order valence-corrected chi connectivity index (χ1v) is 8.42. The molecule has 0 aliphatic heterocycles. The van der Waals surface area contributed by atoms with Gasteiger partial charge in [-0.2, -0.15) is 11.3 Å². The van der Waals surface area contributed by atoms with Crippen molar-refractivity contribution in [2.45, 2.75) is 25.2 Å². The van der Waals surface area contributed by atoms with Gasteiger partial charge >= 0.3 is 0 Å². The molecule has 21 heavy (non-hydrogen) atoms. The summed E-state index contributed by atoms with van der Waals surface area (Å²) in [5.74, 6) is 0.216. The van der Waals surface area contributed by atoms with Gasteiger partial charge in [-0.15, -0.1) is 10.2 Å². The molecule has 1 aliphatic rings. The number of nitrogens with one attached hydrogen (secondary N) is 2. The second kappa shape index (κ2) is 6.31. The van der Waals surface area contributed by atoms with E-state index in [9.17, 15) is 9.59 Å². The van der Waals surface area contributed by atoms with Crippen molar-refractivity contribution in [3.63, 3.8) is 0 Å². The molecule has 110 valence electrons. The maximum atomic E-state index is 11.8. The van der Waals surface area contributed by atoms with Crippen LogP contribution in [0.1, 0.15) is 40.5 Å². The van der Waals surface area contributed by atoms with E-state index in [1.165, 1.54) is 22.7 Å². The van der Waals surface area contributed by atoms with Gasteiger partial charge < -0.3 is 10.6 Å². The number of carbonyl (C=O) groups is 2. The average Bonchev–Trinajstić information content (AvgIpc) is 2.99. The van der Waals surface area contributed by atoms with E-state index < -0.39 is 0 Å². The second-order valence-electron chi connectivity index (χ2n) is 4.79. The summed E-state index contributed by atoms with van der Waals surface area (Å²) in [5, 5.41) is 18.6. The fourth-order valence-electron chi connectivity index (χ4n) is 1.75. The predicted molar refractivity (Wildman–Crippen MR) is 81.8 cm³/mol. The summed E-state index contributed by atoms with van der Waals surface area (Å²) in [6, 6.07) is 1.75. The van der Waals surface area contributed by atoms with Gasteiger partial charge in [-0.3, -0.25) is 9.59 Å². The molecule has 2 N–H and O–H groups in total. The summed E-state index contributed by atoms with van der Waals surface area (Å²) in [7, 11) is 0. The van der Waals surface area contributed by atoms with Gasteiger partial charge in [0.05, 0.1) is 0 Å². The van der Waals surface area contributed by atoms with Crippen LogP contribution in [0, 0.1) is 0 Å². The number of thiophene rings is 1. The summed E-state index contributed by atoms with van der Waals surface area (Å²) in [6.45, 7) is 0.300. The summed E-state index contributed by atoms with van der Waals surface area (Å²) in [4.78, 5) is 23.4. The lowest BCUT2D eigenvalue weighted by molar-refractivity contribution is -0.116. The Morgan fingerprint density at radius 1 is 1.33 bits per heavy atom. The van der Waals surface area contributed by atoms with Crippen LogP contribution in [-0.2, 0) is 4.79 Å². The van der Waals surface area contributed by atoms with Crippen molar-refractivity contribution in [3.8, 4) is 0 Å². The van der Waals surface area contributed by atoms with E-state index in [0.717, 1.165) is 17.8 Å². The average molecular weight is 322 g/mol. The van der Waals surface area contributed by atoms with Crippen molar-refractivity contribution in [1.29, 1.82) is 0 Å². The van der Waals surface area contributed by atoms with Gasteiger partial charge in [-0.25, -0.2) is 0 Å². The summed E-state index contributed by atoms with van der Waals surface area (Å²) in [5.41, 5.74) is 0.624. The molecule has 8 heteroatoms. The van der Waals surface area contributed by atoms with Crippen LogP contribution >= 0.6 is 22.7 Å². The highest BCUT2D eigenvalue weighted by Gasteiger charge is 2.27. The molecule has 1 fully saturated rings. The van der Waals surface area contributed by atoms with Gasteiger partial charge in [0, 0.05) is 29.8 Å². The highest BCUT2D eigenvalue weighted by molar-refractivity contribution is 7.15. The zero-order chi connectivity index (χ0) is 14.7. The van der Waals surface area contributed by atoms with Gasteiger partial charge in [0.2, 0.25) is 11.0 Å². The fraction of sp³-hybridized carbons (Fsp3) is 0.385. The van der Waals surface area contributed by atoms with E-state index in [0.29, 0.717) is 23.2 Å². The molecule has 3 rings (SSSR count). The quantitative estimate of drug-likeness (QED) is 0.854. The zero-order valence-electron chi connectivity index (χ0n) is 11.2. The Labute approximate surface area is 129 Å². The summed E-state index contributed by atoms with van der Waals surface area (Å²) in [6.07, 6.45) is 2.54.